The molecule has 0 unspecified atom stereocenters. The fraction of sp³-hybridized carbons (Fsp3) is 0.188. The Labute approximate surface area is 133 Å². The second-order valence-corrected chi connectivity index (χ2v) is 6.18. The van der Waals surface area contributed by atoms with Crippen LogP contribution in [0.3, 0.4) is 0 Å². The Bertz CT molecular complexity index is 633. The number of anilines is 2. The minimum atomic E-state index is 0.594. The van der Waals surface area contributed by atoms with Gasteiger partial charge in [0, 0.05) is 15.8 Å². The van der Waals surface area contributed by atoms with Crippen molar-refractivity contribution in [2.24, 2.45) is 0 Å². The summed E-state index contributed by atoms with van der Waals surface area (Å²) in [5, 5.41) is 7.01. The van der Waals surface area contributed by atoms with Crippen LogP contribution in [0, 0.1) is 20.8 Å². The van der Waals surface area contributed by atoms with E-state index in [-0.39, 0.29) is 0 Å². The molecule has 0 fully saturated rings. The normalized spacial score (nSPS) is 10.2. The fourth-order valence-corrected chi connectivity index (χ4v) is 2.55. The molecular weight excluding hydrogens is 332 g/mol. The minimum Gasteiger partial charge on any atom is -0.332 e. The standard InChI is InChI=1S/C16H17BrN2S/c1-10-6-11(2)8-14(7-10)19-16(20)18-13-4-5-15(17)12(3)9-13/h4-9H,1-3H3,(H2,18,19,20). The van der Waals surface area contributed by atoms with Crippen LogP contribution in [0.2, 0.25) is 0 Å². The highest BCUT2D eigenvalue weighted by atomic mass is 79.9. The quantitative estimate of drug-likeness (QED) is 0.730. The summed E-state index contributed by atoms with van der Waals surface area (Å²) in [4.78, 5) is 0. The first-order valence-electron chi connectivity index (χ1n) is 6.36. The molecule has 0 aliphatic heterocycles. The lowest BCUT2D eigenvalue weighted by atomic mass is 10.1. The van der Waals surface area contributed by atoms with E-state index < -0.39 is 0 Å². The maximum atomic E-state index is 5.35. The van der Waals surface area contributed by atoms with Gasteiger partial charge >= 0.3 is 0 Å². The molecule has 0 amide bonds. The van der Waals surface area contributed by atoms with E-state index in [4.69, 9.17) is 12.2 Å². The van der Waals surface area contributed by atoms with Crippen molar-refractivity contribution in [3.8, 4) is 0 Å². The van der Waals surface area contributed by atoms with Gasteiger partial charge in [-0.2, -0.15) is 0 Å². The molecule has 2 aromatic rings. The summed E-state index contributed by atoms with van der Waals surface area (Å²) in [6, 6.07) is 12.4. The first-order valence-corrected chi connectivity index (χ1v) is 7.56. The number of hydrogen-bond acceptors (Lipinski definition) is 1. The molecule has 0 saturated carbocycles. The zero-order valence-corrected chi connectivity index (χ0v) is 14.2. The number of aryl methyl sites for hydroxylation is 3. The number of benzene rings is 2. The van der Waals surface area contributed by atoms with E-state index in [1.54, 1.807) is 0 Å². The number of nitrogens with one attached hydrogen (secondary N) is 2. The third kappa shape index (κ3) is 4.05. The van der Waals surface area contributed by atoms with Gasteiger partial charge in [0.1, 0.15) is 0 Å². The maximum absolute atomic E-state index is 5.35. The van der Waals surface area contributed by atoms with Crippen LogP contribution in [0.4, 0.5) is 11.4 Å². The van der Waals surface area contributed by atoms with Gasteiger partial charge in [-0.25, -0.2) is 0 Å². The largest absolute Gasteiger partial charge is 0.332 e. The molecule has 0 heterocycles. The van der Waals surface area contributed by atoms with Crippen LogP contribution in [-0.4, -0.2) is 5.11 Å². The monoisotopic (exact) mass is 348 g/mol. The molecule has 4 heteroatoms. The fourth-order valence-electron chi connectivity index (χ4n) is 2.06. The summed E-state index contributed by atoms with van der Waals surface area (Å²) >= 11 is 8.84. The van der Waals surface area contributed by atoms with Crippen molar-refractivity contribution < 1.29 is 0 Å². The molecule has 0 radical (unpaired) electrons. The summed E-state index contributed by atoms with van der Waals surface area (Å²) in [6.07, 6.45) is 0. The third-order valence-corrected chi connectivity index (χ3v) is 3.99. The van der Waals surface area contributed by atoms with E-state index in [9.17, 15) is 0 Å². The van der Waals surface area contributed by atoms with Crippen molar-refractivity contribution in [3.05, 3.63) is 57.6 Å². The van der Waals surface area contributed by atoms with Gasteiger partial charge in [0.15, 0.2) is 5.11 Å². The summed E-state index contributed by atoms with van der Waals surface area (Å²) in [5.41, 5.74) is 5.59. The van der Waals surface area contributed by atoms with E-state index in [1.165, 1.54) is 16.7 Å². The van der Waals surface area contributed by atoms with Crippen molar-refractivity contribution in [3.63, 3.8) is 0 Å². The van der Waals surface area contributed by atoms with Crippen molar-refractivity contribution >= 4 is 44.6 Å². The lowest BCUT2D eigenvalue weighted by molar-refractivity contribution is 1.38. The number of thiocarbonyl (C=S) groups is 1. The molecule has 20 heavy (non-hydrogen) atoms. The average Bonchev–Trinajstić information content (AvgIpc) is 2.32. The molecule has 0 spiro atoms. The van der Waals surface area contributed by atoms with Gasteiger partial charge in [0.25, 0.3) is 0 Å². The van der Waals surface area contributed by atoms with Crippen LogP contribution in [-0.2, 0) is 0 Å². The SMILES string of the molecule is Cc1cc(C)cc(NC(=S)Nc2ccc(Br)c(C)c2)c1. The predicted molar refractivity (Wildman–Crippen MR) is 94.6 cm³/mol. The molecule has 0 saturated heterocycles. The summed E-state index contributed by atoms with van der Waals surface area (Å²) < 4.78 is 1.09. The maximum Gasteiger partial charge on any atom is 0.175 e. The molecule has 0 bridgehead atoms. The van der Waals surface area contributed by atoms with Crippen LogP contribution in [0.5, 0.6) is 0 Å². The zero-order chi connectivity index (χ0) is 14.7. The van der Waals surface area contributed by atoms with Gasteiger partial charge in [-0.05, 0) is 80.0 Å². The average molecular weight is 349 g/mol. The van der Waals surface area contributed by atoms with Gasteiger partial charge < -0.3 is 10.6 Å². The van der Waals surface area contributed by atoms with Gasteiger partial charge in [-0.1, -0.05) is 22.0 Å². The molecule has 2 nitrogen and oxygen atoms in total. The third-order valence-electron chi connectivity index (χ3n) is 2.90. The molecule has 0 aromatic heterocycles. The van der Waals surface area contributed by atoms with Crippen molar-refractivity contribution in [2.75, 3.05) is 10.6 Å². The van der Waals surface area contributed by atoms with Gasteiger partial charge in [0.05, 0.1) is 0 Å². The van der Waals surface area contributed by atoms with Gasteiger partial charge in [0.2, 0.25) is 0 Å². The lowest BCUT2D eigenvalue weighted by Gasteiger charge is -2.12. The Morgan fingerprint density at radius 2 is 1.50 bits per heavy atom. The highest BCUT2D eigenvalue weighted by Gasteiger charge is 2.02. The van der Waals surface area contributed by atoms with Crippen molar-refractivity contribution in [1.82, 2.24) is 0 Å². The highest BCUT2D eigenvalue weighted by molar-refractivity contribution is 9.10. The first kappa shape index (κ1) is 15.0. The summed E-state index contributed by atoms with van der Waals surface area (Å²) in [5.74, 6) is 0. The number of halogens is 1. The molecule has 2 rings (SSSR count). The molecule has 104 valence electrons. The van der Waals surface area contributed by atoms with Gasteiger partial charge in [-0.3, -0.25) is 0 Å². The second-order valence-electron chi connectivity index (χ2n) is 4.92. The number of rotatable bonds is 2. The van der Waals surface area contributed by atoms with Crippen LogP contribution < -0.4 is 10.6 Å². The number of hydrogen-bond donors (Lipinski definition) is 2. The Hall–Kier alpha value is -1.39. The van der Waals surface area contributed by atoms with E-state index in [2.05, 4.69) is 71.6 Å². The molecule has 0 aliphatic rings. The second kappa shape index (κ2) is 6.37. The van der Waals surface area contributed by atoms with Crippen molar-refractivity contribution in [1.29, 1.82) is 0 Å². The molecule has 0 atom stereocenters. The van der Waals surface area contributed by atoms with E-state index >= 15 is 0 Å². The van der Waals surface area contributed by atoms with Crippen LogP contribution in [0.25, 0.3) is 0 Å². The van der Waals surface area contributed by atoms with Crippen LogP contribution in [0.15, 0.2) is 40.9 Å². The molecule has 2 N–H and O–H groups in total. The van der Waals surface area contributed by atoms with E-state index in [0.717, 1.165) is 15.8 Å². The predicted octanol–water partition coefficient (Wildman–Crippen LogP) is 5.18. The summed E-state index contributed by atoms with van der Waals surface area (Å²) in [6.45, 7) is 6.20. The topological polar surface area (TPSA) is 24.1 Å². The van der Waals surface area contributed by atoms with Gasteiger partial charge in [-0.15, -0.1) is 0 Å². The zero-order valence-electron chi connectivity index (χ0n) is 11.8. The molecular formula is C16H17BrN2S. The molecule has 0 aliphatic carbocycles. The minimum absolute atomic E-state index is 0.594. The van der Waals surface area contributed by atoms with E-state index in [1.807, 2.05) is 12.1 Å². The Morgan fingerprint density at radius 1 is 0.900 bits per heavy atom. The lowest BCUT2D eigenvalue weighted by Crippen LogP contribution is -2.19. The van der Waals surface area contributed by atoms with Crippen LogP contribution >= 0.6 is 28.1 Å². The summed E-state index contributed by atoms with van der Waals surface area (Å²) in [7, 11) is 0. The first-order chi connectivity index (χ1) is 9.44. The Kier molecular flexibility index (Phi) is 4.78. The Morgan fingerprint density at radius 3 is 2.10 bits per heavy atom. The van der Waals surface area contributed by atoms with Crippen molar-refractivity contribution in [2.45, 2.75) is 20.8 Å². The van der Waals surface area contributed by atoms with E-state index in [0.29, 0.717) is 5.11 Å². The molecule has 2 aromatic carbocycles. The highest BCUT2D eigenvalue weighted by Crippen LogP contribution is 2.20. The Balaban J connectivity index is 2.06. The smallest absolute Gasteiger partial charge is 0.175 e. The van der Waals surface area contributed by atoms with Crippen LogP contribution in [0.1, 0.15) is 16.7 Å².